The van der Waals surface area contributed by atoms with Crippen molar-refractivity contribution in [2.24, 2.45) is 0 Å². The van der Waals surface area contributed by atoms with Gasteiger partial charge in [-0.15, -0.1) is 11.8 Å². The summed E-state index contributed by atoms with van der Waals surface area (Å²) in [6.45, 7) is 5.11. The van der Waals surface area contributed by atoms with E-state index in [0.29, 0.717) is 5.75 Å². The molecule has 0 saturated carbocycles. The summed E-state index contributed by atoms with van der Waals surface area (Å²) >= 11 is 1.46. The summed E-state index contributed by atoms with van der Waals surface area (Å²) in [6, 6.07) is 7.17. The van der Waals surface area contributed by atoms with E-state index in [0.717, 1.165) is 10.5 Å². The summed E-state index contributed by atoms with van der Waals surface area (Å²) in [4.78, 5) is 11.5. The van der Waals surface area contributed by atoms with Crippen LogP contribution in [-0.2, 0) is 21.1 Å². The first-order valence-electron chi connectivity index (χ1n) is 6.28. The molecule has 112 valence electrons. The molecule has 0 heterocycles. The molecule has 0 bridgehead atoms. The zero-order chi connectivity index (χ0) is 15.4. The van der Waals surface area contributed by atoms with Gasteiger partial charge in [0.05, 0.1) is 16.9 Å². The molecule has 0 aliphatic carbocycles. The molecule has 0 aromatic heterocycles. The molecule has 6 heteroatoms. The molecular weight excluding hydrogens is 296 g/mol. The van der Waals surface area contributed by atoms with Crippen molar-refractivity contribution in [3.8, 4) is 0 Å². The Morgan fingerprint density at radius 2 is 1.75 bits per heavy atom. The van der Waals surface area contributed by atoms with Gasteiger partial charge in [-0.05, 0) is 38.5 Å². The van der Waals surface area contributed by atoms with Crippen LogP contribution in [-0.4, -0.2) is 35.7 Å². The van der Waals surface area contributed by atoms with E-state index in [1.54, 1.807) is 32.9 Å². The Bertz CT molecular complexity index is 554. The Kier molecular flexibility index (Phi) is 5.65. The first kappa shape index (κ1) is 17.0. The van der Waals surface area contributed by atoms with Crippen LogP contribution >= 0.6 is 11.8 Å². The second-order valence-corrected chi connectivity index (χ2v) is 9.52. The van der Waals surface area contributed by atoms with Crippen molar-refractivity contribution >= 4 is 27.6 Å². The molecule has 0 radical (unpaired) electrons. The van der Waals surface area contributed by atoms with E-state index < -0.39 is 20.6 Å². The third-order valence-electron chi connectivity index (χ3n) is 2.83. The topological polar surface area (TPSA) is 71.4 Å². The predicted octanol–water partition coefficient (Wildman–Crippen LogP) is 2.62. The maximum atomic E-state index is 11.9. The largest absolute Gasteiger partial charge is 0.481 e. The molecule has 0 spiro atoms. The van der Waals surface area contributed by atoms with Crippen molar-refractivity contribution < 1.29 is 18.3 Å². The van der Waals surface area contributed by atoms with E-state index in [1.165, 1.54) is 11.8 Å². The number of rotatable bonds is 6. The quantitative estimate of drug-likeness (QED) is 0.817. The lowest BCUT2D eigenvalue weighted by molar-refractivity contribution is -0.136. The van der Waals surface area contributed by atoms with Crippen LogP contribution in [0.5, 0.6) is 0 Å². The van der Waals surface area contributed by atoms with Crippen LogP contribution in [0.3, 0.4) is 0 Å². The molecule has 0 saturated heterocycles. The van der Waals surface area contributed by atoms with Gasteiger partial charge in [0.15, 0.2) is 9.84 Å². The van der Waals surface area contributed by atoms with E-state index in [2.05, 4.69) is 0 Å². The SMILES string of the molecule is CC(C)(C)S(=O)(=O)CCSc1ccc(CC(=O)O)cc1. The highest BCUT2D eigenvalue weighted by Gasteiger charge is 2.28. The van der Waals surface area contributed by atoms with Crippen LogP contribution in [0.25, 0.3) is 0 Å². The first-order chi connectivity index (χ1) is 9.12. The molecule has 1 rings (SSSR count). The molecule has 0 fully saturated rings. The second-order valence-electron chi connectivity index (χ2n) is 5.49. The highest BCUT2D eigenvalue weighted by molar-refractivity contribution is 8.01. The van der Waals surface area contributed by atoms with E-state index in [4.69, 9.17) is 5.11 Å². The number of sulfone groups is 1. The molecule has 0 amide bonds. The summed E-state index contributed by atoms with van der Waals surface area (Å²) in [5.74, 6) is -0.225. The number of hydrogen-bond acceptors (Lipinski definition) is 4. The van der Waals surface area contributed by atoms with Crippen molar-refractivity contribution in [2.75, 3.05) is 11.5 Å². The van der Waals surface area contributed by atoms with Gasteiger partial charge in [0.25, 0.3) is 0 Å². The van der Waals surface area contributed by atoms with Crippen LogP contribution in [0.4, 0.5) is 0 Å². The Morgan fingerprint density at radius 1 is 1.20 bits per heavy atom. The normalized spacial score (nSPS) is 12.3. The highest BCUT2D eigenvalue weighted by Crippen LogP contribution is 2.22. The molecule has 20 heavy (non-hydrogen) atoms. The summed E-state index contributed by atoms with van der Waals surface area (Å²) < 4.78 is 23.2. The third-order valence-corrected chi connectivity index (χ3v) is 6.71. The van der Waals surface area contributed by atoms with Gasteiger partial charge in [0.2, 0.25) is 0 Å². The van der Waals surface area contributed by atoms with Gasteiger partial charge in [-0.3, -0.25) is 4.79 Å². The third kappa shape index (κ3) is 5.17. The summed E-state index contributed by atoms with van der Waals surface area (Å²) in [5, 5.41) is 8.67. The number of carbonyl (C=O) groups is 1. The van der Waals surface area contributed by atoms with Gasteiger partial charge in [-0.25, -0.2) is 8.42 Å². The minimum atomic E-state index is -3.09. The summed E-state index contributed by atoms with van der Waals surface area (Å²) in [7, 11) is -3.09. The van der Waals surface area contributed by atoms with E-state index in [-0.39, 0.29) is 12.2 Å². The van der Waals surface area contributed by atoms with Crippen LogP contribution in [0.15, 0.2) is 29.2 Å². The smallest absolute Gasteiger partial charge is 0.307 e. The number of thioether (sulfide) groups is 1. The number of benzene rings is 1. The van der Waals surface area contributed by atoms with Crippen molar-refractivity contribution in [1.82, 2.24) is 0 Å². The fourth-order valence-electron chi connectivity index (χ4n) is 1.45. The Hall–Kier alpha value is -1.01. The lowest BCUT2D eigenvalue weighted by Crippen LogP contribution is -2.31. The predicted molar refractivity (Wildman–Crippen MR) is 82.0 cm³/mol. The van der Waals surface area contributed by atoms with Crippen molar-refractivity contribution in [3.63, 3.8) is 0 Å². The molecule has 1 N–H and O–H groups in total. The van der Waals surface area contributed by atoms with Crippen LogP contribution in [0.2, 0.25) is 0 Å². The van der Waals surface area contributed by atoms with Gasteiger partial charge in [-0.2, -0.15) is 0 Å². The van der Waals surface area contributed by atoms with Gasteiger partial charge in [-0.1, -0.05) is 12.1 Å². The highest BCUT2D eigenvalue weighted by atomic mass is 32.2. The summed E-state index contributed by atoms with van der Waals surface area (Å²) in [5.41, 5.74) is 0.740. The van der Waals surface area contributed by atoms with Gasteiger partial charge in [0.1, 0.15) is 0 Å². The average Bonchev–Trinajstić information content (AvgIpc) is 2.29. The monoisotopic (exact) mass is 316 g/mol. The minimum absolute atomic E-state index is 0.00332. The fraction of sp³-hybridized carbons (Fsp3) is 0.500. The number of carboxylic acid groups (broad SMARTS) is 1. The average molecular weight is 316 g/mol. The zero-order valence-electron chi connectivity index (χ0n) is 11.9. The summed E-state index contributed by atoms with van der Waals surface area (Å²) in [6.07, 6.45) is 0.00332. The molecule has 0 aliphatic rings. The fourth-order valence-corrected chi connectivity index (χ4v) is 3.84. The number of carboxylic acids is 1. The lowest BCUT2D eigenvalue weighted by atomic mass is 10.2. The zero-order valence-corrected chi connectivity index (χ0v) is 13.6. The van der Waals surface area contributed by atoms with Crippen LogP contribution in [0.1, 0.15) is 26.3 Å². The molecular formula is C14H20O4S2. The minimum Gasteiger partial charge on any atom is -0.481 e. The second kappa shape index (κ2) is 6.63. The van der Waals surface area contributed by atoms with E-state index in [1.807, 2.05) is 12.1 Å². The van der Waals surface area contributed by atoms with Crippen LogP contribution < -0.4 is 0 Å². The Balaban J connectivity index is 2.53. The van der Waals surface area contributed by atoms with E-state index in [9.17, 15) is 13.2 Å². The van der Waals surface area contributed by atoms with E-state index >= 15 is 0 Å². The van der Waals surface area contributed by atoms with Gasteiger partial charge < -0.3 is 5.11 Å². The molecule has 1 aromatic carbocycles. The first-order valence-corrected chi connectivity index (χ1v) is 8.91. The molecule has 0 aliphatic heterocycles. The number of aliphatic carboxylic acids is 1. The van der Waals surface area contributed by atoms with Crippen molar-refractivity contribution in [2.45, 2.75) is 36.8 Å². The van der Waals surface area contributed by atoms with Crippen LogP contribution in [0, 0.1) is 0 Å². The maximum absolute atomic E-state index is 11.9. The molecule has 0 atom stereocenters. The molecule has 4 nitrogen and oxygen atoms in total. The molecule has 0 unspecified atom stereocenters. The maximum Gasteiger partial charge on any atom is 0.307 e. The molecule has 1 aromatic rings. The Morgan fingerprint density at radius 3 is 2.20 bits per heavy atom. The lowest BCUT2D eigenvalue weighted by Gasteiger charge is -2.18. The van der Waals surface area contributed by atoms with Crippen molar-refractivity contribution in [3.05, 3.63) is 29.8 Å². The van der Waals surface area contributed by atoms with Crippen molar-refractivity contribution in [1.29, 1.82) is 0 Å². The number of hydrogen-bond donors (Lipinski definition) is 1. The van der Waals surface area contributed by atoms with Gasteiger partial charge >= 0.3 is 5.97 Å². The van der Waals surface area contributed by atoms with Gasteiger partial charge in [0, 0.05) is 10.6 Å². The standard InChI is InChI=1S/C14H20O4S2/c1-14(2,3)20(17,18)9-8-19-12-6-4-11(5-7-12)10-13(15)16/h4-7H,8-10H2,1-3H3,(H,15,16). The Labute approximate surface area is 124 Å².